The third-order valence-corrected chi connectivity index (χ3v) is 2.50. The standard InChI is InChI=1S/C13H27B/c1-6-12(10-11(2)3)8-7-9-13(4,5)14/h6,11H,7-10,14H2,1-5H3/b12-6-. The maximum absolute atomic E-state index is 2.32. The van der Waals surface area contributed by atoms with Crippen LogP contribution < -0.4 is 0 Å². The second-order valence-electron chi connectivity index (χ2n) is 5.96. The topological polar surface area (TPSA) is 0 Å². The molecule has 0 bridgehead atoms. The predicted molar refractivity (Wildman–Crippen MR) is 69.6 cm³/mol. The first-order valence-electron chi connectivity index (χ1n) is 5.99. The maximum atomic E-state index is 2.32. The van der Waals surface area contributed by atoms with Crippen molar-refractivity contribution in [3.05, 3.63) is 11.6 Å². The number of rotatable bonds is 6. The molecule has 0 rings (SSSR count). The van der Waals surface area contributed by atoms with Crippen molar-refractivity contribution < 1.29 is 0 Å². The van der Waals surface area contributed by atoms with Gasteiger partial charge in [-0.1, -0.05) is 51.1 Å². The largest absolute Gasteiger partial charge is 0.108 e. The summed E-state index contributed by atoms with van der Waals surface area (Å²) in [6.45, 7) is 11.4. The van der Waals surface area contributed by atoms with Gasteiger partial charge >= 0.3 is 0 Å². The van der Waals surface area contributed by atoms with Crippen molar-refractivity contribution in [3.8, 4) is 0 Å². The Morgan fingerprint density at radius 2 is 1.93 bits per heavy atom. The minimum Gasteiger partial charge on any atom is -0.0884 e. The van der Waals surface area contributed by atoms with E-state index >= 15 is 0 Å². The van der Waals surface area contributed by atoms with Crippen LogP contribution in [0.3, 0.4) is 0 Å². The minimum atomic E-state index is 0.497. The molecule has 1 heteroatoms. The smallest absolute Gasteiger partial charge is 0.0884 e. The van der Waals surface area contributed by atoms with Crippen molar-refractivity contribution in [1.29, 1.82) is 0 Å². The van der Waals surface area contributed by atoms with Gasteiger partial charge in [0, 0.05) is 0 Å². The normalized spacial score (nSPS) is 13.7. The summed E-state index contributed by atoms with van der Waals surface area (Å²) in [5.74, 6) is 0.802. The highest BCUT2D eigenvalue weighted by Crippen LogP contribution is 2.28. The summed E-state index contributed by atoms with van der Waals surface area (Å²) in [6, 6.07) is 0. The van der Waals surface area contributed by atoms with Gasteiger partial charge in [-0.15, -0.1) is 0 Å². The SMILES string of the molecule is BC(C)(C)CCC/C(=C/C)CC(C)C. The molecular formula is C13H27B. The van der Waals surface area contributed by atoms with Gasteiger partial charge in [0.2, 0.25) is 0 Å². The Bertz CT molecular complexity index is 172. The van der Waals surface area contributed by atoms with E-state index in [4.69, 9.17) is 0 Å². The number of hydrogen-bond acceptors (Lipinski definition) is 0. The molecule has 0 atom stereocenters. The van der Waals surface area contributed by atoms with Gasteiger partial charge in [-0.25, -0.2) is 0 Å². The number of hydrogen-bond donors (Lipinski definition) is 0. The lowest BCUT2D eigenvalue weighted by Crippen LogP contribution is -2.02. The van der Waals surface area contributed by atoms with Crippen LogP contribution in [-0.2, 0) is 0 Å². The Balaban J connectivity index is 3.76. The van der Waals surface area contributed by atoms with Crippen LogP contribution in [-0.4, -0.2) is 7.85 Å². The zero-order valence-corrected chi connectivity index (χ0v) is 11.0. The summed E-state index contributed by atoms with van der Waals surface area (Å²) in [7, 11) is 2.32. The molecule has 0 saturated carbocycles. The summed E-state index contributed by atoms with van der Waals surface area (Å²) in [5, 5.41) is 0.497. The molecule has 0 aliphatic rings. The van der Waals surface area contributed by atoms with Crippen molar-refractivity contribution >= 4 is 7.85 Å². The lowest BCUT2D eigenvalue weighted by Gasteiger charge is -2.18. The van der Waals surface area contributed by atoms with Crippen LogP contribution in [0.15, 0.2) is 11.6 Å². The summed E-state index contributed by atoms with van der Waals surface area (Å²) in [4.78, 5) is 0. The fourth-order valence-electron chi connectivity index (χ4n) is 1.73. The van der Waals surface area contributed by atoms with Gasteiger partial charge in [-0.05, 0) is 32.1 Å². The van der Waals surface area contributed by atoms with Crippen molar-refractivity contribution in [2.45, 2.75) is 65.6 Å². The quantitative estimate of drug-likeness (QED) is 0.443. The Morgan fingerprint density at radius 3 is 2.29 bits per heavy atom. The summed E-state index contributed by atoms with van der Waals surface area (Å²) >= 11 is 0. The van der Waals surface area contributed by atoms with Crippen molar-refractivity contribution in [1.82, 2.24) is 0 Å². The number of allylic oxidation sites excluding steroid dienone is 2. The van der Waals surface area contributed by atoms with E-state index < -0.39 is 0 Å². The monoisotopic (exact) mass is 194 g/mol. The van der Waals surface area contributed by atoms with Crippen LogP contribution in [0, 0.1) is 5.92 Å². The Hall–Kier alpha value is -0.195. The van der Waals surface area contributed by atoms with Gasteiger partial charge in [0.15, 0.2) is 0 Å². The molecule has 0 amide bonds. The van der Waals surface area contributed by atoms with Gasteiger partial charge < -0.3 is 0 Å². The first kappa shape index (κ1) is 13.8. The summed E-state index contributed by atoms with van der Waals surface area (Å²) in [6.07, 6.45) is 7.56. The van der Waals surface area contributed by atoms with E-state index in [9.17, 15) is 0 Å². The van der Waals surface area contributed by atoms with Gasteiger partial charge in [-0.3, -0.25) is 0 Å². The van der Waals surface area contributed by atoms with Crippen LogP contribution >= 0.6 is 0 Å². The second kappa shape index (κ2) is 6.32. The third-order valence-electron chi connectivity index (χ3n) is 2.50. The zero-order chi connectivity index (χ0) is 11.2. The molecule has 0 aromatic rings. The van der Waals surface area contributed by atoms with Crippen LogP contribution in [0.2, 0.25) is 5.31 Å². The first-order chi connectivity index (χ1) is 6.35. The second-order valence-corrected chi connectivity index (χ2v) is 5.96. The first-order valence-corrected chi connectivity index (χ1v) is 5.99. The lowest BCUT2D eigenvalue weighted by atomic mass is 9.69. The molecule has 14 heavy (non-hydrogen) atoms. The average molecular weight is 194 g/mol. The Labute approximate surface area is 91.6 Å². The molecule has 0 aromatic carbocycles. The van der Waals surface area contributed by atoms with Crippen molar-refractivity contribution in [2.75, 3.05) is 0 Å². The van der Waals surface area contributed by atoms with Gasteiger partial charge in [0.1, 0.15) is 7.85 Å². The molecule has 0 aliphatic heterocycles. The summed E-state index contributed by atoms with van der Waals surface area (Å²) in [5.41, 5.74) is 1.64. The van der Waals surface area contributed by atoms with E-state index in [0.29, 0.717) is 5.31 Å². The average Bonchev–Trinajstić information content (AvgIpc) is 1.99. The van der Waals surface area contributed by atoms with E-state index in [2.05, 4.69) is 48.5 Å². The highest BCUT2D eigenvalue weighted by atomic mass is 14.1. The lowest BCUT2D eigenvalue weighted by molar-refractivity contribution is 0.555. The maximum Gasteiger partial charge on any atom is 0.108 e. The molecule has 0 aliphatic carbocycles. The molecule has 0 spiro atoms. The molecule has 0 aromatic heterocycles. The highest BCUT2D eigenvalue weighted by Gasteiger charge is 2.10. The minimum absolute atomic E-state index is 0.497. The van der Waals surface area contributed by atoms with Gasteiger partial charge in [-0.2, -0.15) is 0 Å². The molecule has 0 N–H and O–H groups in total. The Kier molecular flexibility index (Phi) is 6.23. The van der Waals surface area contributed by atoms with E-state index in [1.807, 2.05) is 0 Å². The van der Waals surface area contributed by atoms with Crippen molar-refractivity contribution in [2.24, 2.45) is 5.92 Å². The summed E-state index contributed by atoms with van der Waals surface area (Å²) < 4.78 is 0. The molecule has 0 heterocycles. The molecule has 82 valence electrons. The molecule has 0 fully saturated rings. The van der Waals surface area contributed by atoms with Crippen molar-refractivity contribution in [3.63, 3.8) is 0 Å². The zero-order valence-electron chi connectivity index (χ0n) is 11.0. The van der Waals surface area contributed by atoms with E-state index in [1.54, 1.807) is 5.57 Å². The van der Waals surface area contributed by atoms with Gasteiger partial charge in [0.05, 0.1) is 0 Å². The predicted octanol–water partition coefficient (Wildman–Crippen LogP) is 3.98. The molecule has 0 saturated heterocycles. The van der Waals surface area contributed by atoms with E-state index in [1.165, 1.54) is 25.7 Å². The van der Waals surface area contributed by atoms with Crippen LogP contribution in [0.5, 0.6) is 0 Å². The molecular weight excluding hydrogens is 167 g/mol. The van der Waals surface area contributed by atoms with Crippen LogP contribution in [0.4, 0.5) is 0 Å². The molecule has 0 nitrogen and oxygen atoms in total. The van der Waals surface area contributed by atoms with Gasteiger partial charge in [0.25, 0.3) is 0 Å². The van der Waals surface area contributed by atoms with E-state index in [-0.39, 0.29) is 0 Å². The molecule has 0 radical (unpaired) electrons. The third kappa shape index (κ3) is 8.41. The van der Waals surface area contributed by atoms with Crippen LogP contribution in [0.1, 0.15) is 60.3 Å². The fraction of sp³-hybridized carbons (Fsp3) is 0.846. The molecule has 0 unspecified atom stereocenters. The van der Waals surface area contributed by atoms with Crippen LogP contribution in [0.25, 0.3) is 0 Å². The fourth-order valence-corrected chi connectivity index (χ4v) is 1.73. The Morgan fingerprint density at radius 1 is 1.36 bits per heavy atom. The highest BCUT2D eigenvalue weighted by molar-refractivity contribution is 6.14. The van der Waals surface area contributed by atoms with E-state index in [0.717, 1.165) is 5.92 Å².